The Kier molecular flexibility index (Phi) is 7.91. The number of methoxy groups -OCH3 is 1. The van der Waals surface area contributed by atoms with Crippen LogP contribution in [0.15, 0.2) is 87.3 Å². The fraction of sp³-hybridized carbons (Fsp3) is 0.160. The number of thioether (sulfide) groups is 1. The van der Waals surface area contributed by atoms with E-state index in [4.69, 9.17) is 9.15 Å². The Labute approximate surface area is 213 Å². The second kappa shape index (κ2) is 11.3. The highest BCUT2D eigenvalue weighted by Crippen LogP contribution is 2.26. The molecule has 0 aliphatic carbocycles. The first-order valence-corrected chi connectivity index (χ1v) is 13.5. The zero-order chi connectivity index (χ0) is 25.5. The van der Waals surface area contributed by atoms with Crippen molar-refractivity contribution in [3.63, 3.8) is 0 Å². The lowest BCUT2D eigenvalue weighted by atomic mass is 10.1. The van der Waals surface area contributed by atoms with Gasteiger partial charge in [0, 0.05) is 16.9 Å². The van der Waals surface area contributed by atoms with Crippen LogP contribution in [0.3, 0.4) is 0 Å². The van der Waals surface area contributed by atoms with Crippen LogP contribution in [0.4, 0.5) is 11.4 Å². The average Bonchev–Trinajstić information content (AvgIpc) is 3.37. The highest BCUT2D eigenvalue weighted by molar-refractivity contribution is 7.99. The van der Waals surface area contributed by atoms with Gasteiger partial charge in [-0.25, -0.2) is 8.42 Å². The number of ether oxygens (including phenoxy) is 1. The Morgan fingerprint density at radius 1 is 0.944 bits per heavy atom. The van der Waals surface area contributed by atoms with Gasteiger partial charge in [0.1, 0.15) is 5.75 Å². The molecular formula is C25H24N4O5S2. The minimum Gasteiger partial charge on any atom is -0.497 e. The van der Waals surface area contributed by atoms with Crippen LogP contribution in [0.1, 0.15) is 12.5 Å². The molecule has 0 unspecified atom stereocenters. The molecule has 3 aromatic carbocycles. The number of anilines is 2. The van der Waals surface area contributed by atoms with E-state index in [1.807, 2.05) is 24.3 Å². The van der Waals surface area contributed by atoms with E-state index < -0.39 is 10.0 Å². The molecule has 0 atom stereocenters. The second-order valence-electron chi connectivity index (χ2n) is 7.62. The predicted molar refractivity (Wildman–Crippen MR) is 139 cm³/mol. The van der Waals surface area contributed by atoms with Crippen LogP contribution in [0.2, 0.25) is 0 Å². The van der Waals surface area contributed by atoms with E-state index in [2.05, 4.69) is 27.2 Å². The van der Waals surface area contributed by atoms with Crippen LogP contribution in [0, 0.1) is 0 Å². The van der Waals surface area contributed by atoms with Gasteiger partial charge in [-0.3, -0.25) is 9.52 Å². The number of benzene rings is 3. The molecule has 0 saturated heterocycles. The van der Waals surface area contributed by atoms with Crippen molar-refractivity contribution < 1.29 is 22.4 Å². The van der Waals surface area contributed by atoms with Crippen LogP contribution >= 0.6 is 11.8 Å². The molecular weight excluding hydrogens is 500 g/mol. The Bertz CT molecular complexity index is 1420. The van der Waals surface area contributed by atoms with Crippen molar-refractivity contribution in [3.05, 3.63) is 78.4 Å². The van der Waals surface area contributed by atoms with Crippen LogP contribution in [0.5, 0.6) is 5.75 Å². The van der Waals surface area contributed by atoms with Gasteiger partial charge >= 0.3 is 0 Å². The van der Waals surface area contributed by atoms with Crippen LogP contribution in [0.25, 0.3) is 11.5 Å². The molecule has 0 fully saturated rings. The first kappa shape index (κ1) is 25.3. The average molecular weight is 525 g/mol. The maximum Gasteiger partial charge on any atom is 0.277 e. The summed E-state index contributed by atoms with van der Waals surface area (Å²) in [6.07, 6.45) is 0.936. The summed E-state index contributed by atoms with van der Waals surface area (Å²) in [5.41, 5.74) is 2.92. The number of hydrogen-bond acceptors (Lipinski definition) is 8. The normalized spacial score (nSPS) is 11.2. The summed E-state index contributed by atoms with van der Waals surface area (Å²) < 4.78 is 38.4. The number of rotatable bonds is 10. The molecule has 186 valence electrons. The minimum absolute atomic E-state index is 0.114. The molecule has 11 heteroatoms. The lowest BCUT2D eigenvalue weighted by Gasteiger charge is -2.09. The summed E-state index contributed by atoms with van der Waals surface area (Å²) in [6.45, 7) is 2.07. The fourth-order valence-electron chi connectivity index (χ4n) is 3.18. The third-order valence-electron chi connectivity index (χ3n) is 5.13. The molecule has 0 saturated carbocycles. The first-order valence-electron chi connectivity index (χ1n) is 11.0. The molecule has 0 aliphatic heterocycles. The number of sulfonamides is 1. The molecule has 0 aliphatic rings. The van der Waals surface area contributed by atoms with Gasteiger partial charge in [-0.2, -0.15) is 0 Å². The Morgan fingerprint density at radius 3 is 2.25 bits per heavy atom. The van der Waals surface area contributed by atoms with Gasteiger partial charge in [-0.15, -0.1) is 10.2 Å². The van der Waals surface area contributed by atoms with Gasteiger partial charge in [0.2, 0.25) is 11.8 Å². The number of aryl methyl sites for hydroxylation is 1. The molecule has 1 aromatic heterocycles. The third kappa shape index (κ3) is 6.43. The summed E-state index contributed by atoms with van der Waals surface area (Å²) in [6, 6.07) is 20.3. The summed E-state index contributed by atoms with van der Waals surface area (Å²) in [4.78, 5) is 12.3. The molecule has 0 radical (unpaired) electrons. The Hall–Kier alpha value is -3.83. The number of carbonyl (C=O) groups excluding carboxylic acids is 1. The van der Waals surface area contributed by atoms with E-state index in [-0.39, 0.29) is 27.7 Å². The molecule has 1 heterocycles. The van der Waals surface area contributed by atoms with E-state index in [0.29, 0.717) is 17.0 Å². The zero-order valence-electron chi connectivity index (χ0n) is 19.6. The van der Waals surface area contributed by atoms with Crippen molar-refractivity contribution in [3.8, 4) is 17.2 Å². The largest absolute Gasteiger partial charge is 0.497 e. The third-order valence-corrected chi connectivity index (χ3v) is 7.35. The van der Waals surface area contributed by atoms with Crippen LogP contribution < -0.4 is 14.8 Å². The second-order valence-corrected chi connectivity index (χ2v) is 10.2. The molecule has 2 N–H and O–H groups in total. The number of carbonyl (C=O) groups is 1. The monoisotopic (exact) mass is 524 g/mol. The lowest BCUT2D eigenvalue weighted by Crippen LogP contribution is -2.13. The Balaban J connectivity index is 1.33. The van der Waals surface area contributed by atoms with Gasteiger partial charge < -0.3 is 14.5 Å². The summed E-state index contributed by atoms with van der Waals surface area (Å²) in [5.74, 6) is 0.760. The Morgan fingerprint density at radius 2 is 1.61 bits per heavy atom. The van der Waals surface area contributed by atoms with Crippen molar-refractivity contribution in [1.82, 2.24) is 10.2 Å². The molecule has 4 aromatic rings. The van der Waals surface area contributed by atoms with Gasteiger partial charge in [0.15, 0.2) is 0 Å². The highest BCUT2D eigenvalue weighted by Gasteiger charge is 2.15. The topological polar surface area (TPSA) is 123 Å². The van der Waals surface area contributed by atoms with Gasteiger partial charge in [-0.05, 0) is 72.6 Å². The molecule has 9 nitrogen and oxygen atoms in total. The van der Waals surface area contributed by atoms with Crippen LogP contribution in [-0.2, 0) is 21.2 Å². The van der Waals surface area contributed by atoms with E-state index in [1.165, 1.54) is 24.8 Å². The van der Waals surface area contributed by atoms with E-state index in [0.717, 1.165) is 23.9 Å². The maximum atomic E-state index is 12.6. The van der Waals surface area contributed by atoms with E-state index in [9.17, 15) is 13.2 Å². The summed E-state index contributed by atoms with van der Waals surface area (Å²) >= 11 is 1.13. The number of hydrogen-bond donors (Lipinski definition) is 2. The summed E-state index contributed by atoms with van der Waals surface area (Å²) in [7, 11) is -2.24. The highest BCUT2D eigenvalue weighted by atomic mass is 32.2. The number of amides is 1. The van der Waals surface area contributed by atoms with Crippen molar-refractivity contribution in [1.29, 1.82) is 0 Å². The predicted octanol–water partition coefficient (Wildman–Crippen LogP) is 4.84. The van der Waals surface area contributed by atoms with E-state index >= 15 is 0 Å². The standard InChI is InChI=1S/C25H24N4O5S2/c1-3-17-4-8-19(9-5-17)26-23(30)16-35-25-28-27-24(34-25)18-6-10-20(11-7-18)29-36(31,32)22-14-12-21(33-2)13-15-22/h4-15,29H,3,16H2,1-2H3,(H,26,30). The number of nitrogens with one attached hydrogen (secondary N) is 2. The quantitative estimate of drug-likeness (QED) is 0.283. The molecule has 1 amide bonds. The summed E-state index contributed by atoms with van der Waals surface area (Å²) in [5, 5.41) is 11.1. The van der Waals surface area contributed by atoms with E-state index in [1.54, 1.807) is 36.4 Å². The molecule has 36 heavy (non-hydrogen) atoms. The molecule has 4 rings (SSSR count). The van der Waals surface area contributed by atoms with Crippen molar-refractivity contribution in [2.24, 2.45) is 0 Å². The van der Waals surface area contributed by atoms with Gasteiger partial charge in [-0.1, -0.05) is 30.8 Å². The lowest BCUT2D eigenvalue weighted by molar-refractivity contribution is -0.113. The fourth-order valence-corrected chi connectivity index (χ4v) is 4.80. The van der Waals surface area contributed by atoms with Gasteiger partial charge in [0.25, 0.3) is 15.2 Å². The number of nitrogens with zero attached hydrogens (tertiary/aromatic N) is 2. The van der Waals surface area contributed by atoms with Crippen LogP contribution in [-0.4, -0.2) is 37.4 Å². The molecule has 0 bridgehead atoms. The van der Waals surface area contributed by atoms with Gasteiger partial charge in [0.05, 0.1) is 17.8 Å². The van der Waals surface area contributed by atoms with Crippen molar-refractivity contribution in [2.75, 3.05) is 22.9 Å². The smallest absolute Gasteiger partial charge is 0.277 e. The number of aromatic nitrogens is 2. The SMILES string of the molecule is CCc1ccc(NC(=O)CSc2nnc(-c3ccc(NS(=O)(=O)c4ccc(OC)cc4)cc3)o2)cc1. The molecule has 0 spiro atoms. The maximum absolute atomic E-state index is 12.6. The zero-order valence-corrected chi connectivity index (χ0v) is 21.2. The van der Waals surface area contributed by atoms with Crippen molar-refractivity contribution in [2.45, 2.75) is 23.5 Å². The van der Waals surface area contributed by atoms with Crippen molar-refractivity contribution >= 4 is 39.1 Å². The minimum atomic E-state index is -3.75. The first-order chi connectivity index (χ1) is 17.4.